The number of amides is 1. The molecule has 1 heterocycles. The van der Waals surface area contributed by atoms with Gasteiger partial charge in [0, 0.05) is 30.6 Å². The molecular formula is C18H27ClN2O4S. The molecule has 1 aliphatic heterocycles. The van der Waals surface area contributed by atoms with E-state index >= 15 is 0 Å². The Morgan fingerprint density at radius 1 is 1.31 bits per heavy atom. The first-order valence-electron chi connectivity index (χ1n) is 9.01. The van der Waals surface area contributed by atoms with E-state index in [1.54, 1.807) is 12.1 Å². The second-order valence-electron chi connectivity index (χ2n) is 6.47. The molecule has 6 nitrogen and oxygen atoms in total. The Balaban J connectivity index is 1.98. The van der Waals surface area contributed by atoms with Crippen LogP contribution in [0.25, 0.3) is 0 Å². The average molecular weight is 403 g/mol. The van der Waals surface area contributed by atoms with Crippen molar-refractivity contribution in [3.8, 4) is 5.75 Å². The molecule has 0 aliphatic carbocycles. The number of rotatable bonds is 8. The van der Waals surface area contributed by atoms with Crippen LogP contribution < -0.4 is 10.1 Å². The van der Waals surface area contributed by atoms with E-state index in [2.05, 4.69) is 12.2 Å². The number of sulfonamides is 1. The molecule has 1 fully saturated rings. The number of carbonyl (C=O) groups is 1. The highest BCUT2D eigenvalue weighted by atomic mass is 35.5. The van der Waals surface area contributed by atoms with Crippen LogP contribution >= 0.6 is 11.6 Å². The molecule has 1 aliphatic rings. The number of halogens is 1. The molecular weight excluding hydrogens is 376 g/mol. The van der Waals surface area contributed by atoms with Crippen molar-refractivity contribution in [3.63, 3.8) is 0 Å². The van der Waals surface area contributed by atoms with Gasteiger partial charge >= 0.3 is 0 Å². The van der Waals surface area contributed by atoms with Crippen LogP contribution in [0.4, 0.5) is 0 Å². The SMILES string of the molecule is CCCCCNC(=O)C1CCN(S(=O)(=O)c2cc(Cl)ccc2OC)CC1. The Morgan fingerprint density at radius 2 is 2.00 bits per heavy atom. The molecule has 1 aromatic rings. The maximum absolute atomic E-state index is 12.9. The van der Waals surface area contributed by atoms with Crippen LogP contribution in [-0.4, -0.2) is 45.4 Å². The van der Waals surface area contributed by atoms with Crippen LogP contribution in [-0.2, 0) is 14.8 Å². The van der Waals surface area contributed by atoms with Gasteiger partial charge in [-0.05, 0) is 37.5 Å². The van der Waals surface area contributed by atoms with E-state index < -0.39 is 10.0 Å². The molecule has 1 aromatic carbocycles. The first-order chi connectivity index (χ1) is 12.4. The van der Waals surface area contributed by atoms with Crippen LogP contribution in [0, 0.1) is 5.92 Å². The van der Waals surface area contributed by atoms with E-state index in [1.165, 1.54) is 17.5 Å². The van der Waals surface area contributed by atoms with Gasteiger partial charge in [0.05, 0.1) is 7.11 Å². The maximum Gasteiger partial charge on any atom is 0.246 e. The van der Waals surface area contributed by atoms with Crippen molar-refractivity contribution >= 4 is 27.5 Å². The van der Waals surface area contributed by atoms with Gasteiger partial charge in [-0.1, -0.05) is 31.4 Å². The number of hydrogen-bond donors (Lipinski definition) is 1. The summed E-state index contributed by atoms with van der Waals surface area (Å²) >= 11 is 5.96. The van der Waals surface area contributed by atoms with Gasteiger partial charge < -0.3 is 10.1 Å². The smallest absolute Gasteiger partial charge is 0.246 e. The summed E-state index contributed by atoms with van der Waals surface area (Å²) in [5, 5.41) is 3.29. The molecule has 1 N–H and O–H groups in total. The first kappa shape index (κ1) is 21.0. The highest BCUT2D eigenvalue weighted by molar-refractivity contribution is 7.89. The second kappa shape index (κ2) is 9.58. The highest BCUT2D eigenvalue weighted by Gasteiger charge is 2.33. The molecule has 8 heteroatoms. The maximum atomic E-state index is 12.9. The number of hydrogen-bond acceptors (Lipinski definition) is 4. The number of unbranched alkanes of at least 4 members (excludes halogenated alkanes) is 2. The molecule has 2 rings (SSSR count). The predicted molar refractivity (Wildman–Crippen MR) is 102 cm³/mol. The summed E-state index contributed by atoms with van der Waals surface area (Å²) < 4.78 is 32.4. The van der Waals surface area contributed by atoms with Gasteiger partial charge in [-0.3, -0.25) is 4.79 Å². The summed E-state index contributed by atoms with van der Waals surface area (Å²) in [4.78, 5) is 12.3. The van der Waals surface area contributed by atoms with Crippen molar-refractivity contribution in [2.24, 2.45) is 5.92 Å². The van der Waals surface area contributed by atoms with Gasteiger partial charge in [-0.15, -0.1) is 0 Å². The first-order valence-corrected chi connectivity index (χ1v) is 10.8. The van der Waals surface area contributed by atoms with Gasteiger partial charge in [0.2, 0.25) is 15.9 Å². The summed E-state index contributed by atoms with van der Waals surface area (Å²) in [5.41, 5.74) is 0. The second-order valence-corrected chi connectivity index (χ2v) is 8.81. The molecule has 146 valence electrons. The summed E-state index contributed by atoms with van der Waals surface area (Å²) in [6.45, 7) is 3.42. The van der Waals surface area contributed by atoms with E-state index in [9.17, 15) is 13.2 Å². The lowest BCUT2D eigenvalue weighted by molar-refractivity contribution is -0.126. The largest absolute Gasteiger partial charge is 0.495 e. The third-order valence-corrected chi connectivity index (χ3v) is 6.80. The summed E-state index contributed by atoms with van der Waals surface area (Å²) in [5.74, 6) is 0.160. The fraction of sp³-hybridized carbons (Fsp3) is 0.611. The Morgan fingerprint density at radius 3 is 2.62 bits per heavy atom. The Hall–Kier alpha value is -1.31. The van der Waals surface area contributed by atoms with E-state index in [0.717, 1.165) is 19.3 Å². The van der Waals surface area contributed by atoms with Crippen molar-refractivity contribution in [2.75, 3.05) is 26.7 Å². The number of benzene rings is 1. The summed E-state index contributed by atoms with van der Waals surface area (Å²) in [7, 11) is -2.28. The lowest BCUT2D eigenvalue weighted by Gasteiger charge is -2.31. The fourth-order valence-electron chi connectivity index (χ4n) is 3.08. The number of nitrogens with one attached hydrogen (secondary N) is 1. The molecule has 0 aromatic heterocycles. The van der Waals surface area contributed by atoms with Gasteiger partial charge in [-0.25, -0.2) is 8.42 Å². The number of ether oxygens (including phenoxy) is 1. The Bertz CT molecular complexity index is 716. The molecule has 0 atom stereocenters. The minimum absolute atomic E-state index is 0.0264. The zero-order chi connectivity index (χ0) is 19.2. The Labute approximate surface area is 160 Å². The van der Waals surface area contributed by atoms with E-state index in [-0.39, 0.29) is 22.5 Å². The molecule has 0 spiro atoms. The van der Waals surface area contributed by atoms with Gasteiger partial charge in [0.1, 0.15) is 10.6 Å². The van der Waals surface area contributed by atoms with E-state index in [4.69, 9.17) is 16.3 Å². The van der Waals surface area contributed by atoms with Gasteiger partial charge in [0.25, 0.3) is 0 Å². The lowest BCUT2D eigenvalue weighted by atomic mass is 9.97. The number of nitrogens with zero attached hydrogens (tertiary/aromatic N) is 1. The van der Waals surface area contributed by atoms with Crippen molar-refractivity contribution in [3.05, 3.63) is 23.2 Å². The molecule has 1 amide bonds. The van der Waals surface area contributed by atoms with Gasteiger partial charge in [0.15, 0.2) is 0 Å². The molecule has 0 saturated carbocycles. The summed E-state index contributed by atoms with van der Waals surface area (Å²) in [6.07, 6.45) is 4.21. The third-order valence-electron chi connectivity index (χ3n) is 4.65. The van der Waals surface area contributed by atoms with Crippen LogP contribution in [0.3, 0.4) is 0 Å². The number of methoxy groups -OCH3 is 1. The van der Waals surface area contributed by atoms with Crippen LogP contribution in [0.5, 0.6) is 5.75 Å². The fourth-order valence-corrected chi connectivity index (χ4v) is 4.97. The average Bonchev–Trinajstić information content (AvgIpc) is 2.65. The molecule has 0 bridgehead atoms. The van der Waals surface area contributed by atoms with E-state index in [1.807, 2.05) is 0 Å². The number of carbonyl (C=O) groups excluding carboxylic acids is 1. The van der Waals surface area contributed by atoms with Gasteiger partial charge in [-0.2, -0.15) is 4.31 Å². The zero-order valence-electron chi connectivity index (χ0n) is 15.3. The van der Waals surface area contributed by atoms with E-state index in [0.29, 0.717) is 37.5 Å². The van der Waals surface area contributed by atoms with Crippen molar-refractivity contribution < 1.29 is 17.9 Å². The Kier molecular flexibility index (Phi) is 7.73. The molecule has 0 radical (unpaired) electrons. The zero-order valence-corrected chi connectivity index (χ0v) is 16.9. The predicted octanol–water partition coefficient (Wildman–Crippen LogP) is 3.06. The monoisotopic (exact) mass is 402 g/mol. The number of piperidine rings is 1. The van der Waals surface area contributed by atoms with Crippen molar-refractivity contribution in [2.45, 2.75) is 43.9 Å². The van der Waals surface area contributed by atoms with Crippen molar-refractivity contribution in [1.82, 2.24) is 9.62 Å². The van der Waals surface area contributed by atoms with Crippen molar-refractivity contribution in [1.29, 1.82) is 0 Å². The topological polar surface area (TPSA) is 75.7 Å². The van der Waals surface area contributed by atoms with Crippen LogP contribution in [0.15, 0.2) is 23.1 Å². The lowest BCUT2D eigenvalue weighted by Crippen LogP contribution is -2.43. The highest BCUT2D eigenvalue weighted by Crippen LogP contribution is 2.31. The molecule has 0 unspecified atom stereocenters. The standard InChI is InChI=1S/C18H27ClN2O4S/c1-3-4-5-10-20-18(22)14-8-11-21(12-9-14)26(23,24)17-13-15(19)6-7-16(17)25-2/h6-7,13-14H,3-5,8-12H2,1-2H3,(H,20,22). The molecule has 1 saturated heterocycles. The molecule has 26 heavy (non-hydrogen) atoms. The third kappa shape index (κ3) is 5.11. The van der Waals surface area contributed by atoms with Crippen LogP contribution in [0.2, 0.25) is 5.02 Å². The minimum atomic E-state index is -3.71. The minimum Gasteiger partial charge on any atom is -0.495 e. The normalized spacial score (nSPS) is 16.4. The quantitative estimate of drug-likeness (QED) is 0.678. The van der Waals surface area contributed by atoms with Crippen LogP contribution in [0.1, 0.15) is 39.0 Å². The summed E-state index contributed by atoms with van der Waals surface area (Å²) in [6, 6.07) is 4.54.